The monoisotopic (exact) mass is 160 g/mol. The standard InChI is InChI=1S/H4O5Si.H4OSi/c1-5-6(2,3)4;1-2/h1-4H;1H,2H3. The van der Waals surface area contributed by atoms with Crippen LogP contribution in [0.4, 0.5) is 0 Å². The van der Waals surface area contributed by atoms with Gasteiger partial charge in [-0.05, 0) is 0 Å². The molecule has 0 aromatic rings. The molecule has 0 amide bonds. The molecule has 0 aromatic carbocycles. The Labute approximate surface area is 49.6 Å². The second-order valence-corrected chi connectivity index (χ2v) is 2.00. The number of hydrogen-bond donors (Lipinski definition) is 5. The van der Waals surface area contributed by atoms with E-state index in [2.05, 4.69) is 4.58 Å². The summed E-state index contributed by atoms with van der Waals surface area (Å²) in [5, 5.41) is 7.21. The first-order valence-electron chi connectivity index (χ1n) is 1.50. The molecule has 0 bridgehead atoms. The largest absolute Gasteiger partial charge is 0.699 e. The Morgan fingerprint density at radius 3 is 1.25 bits per heavy atom. The van der Waals surface area contributed by atoms with Crippen LogP contribution < -0.4 is 0 Å². The molecule has 0 saturated heterocycles. The van der Waals surface area contributed by atoms with Gasteiger partial charge in [-0.2, -0.15) is 4.58 Å². The molecule has 0 spiro atoms. The van der Waals surface area contributed by atoms with Crippen LogP contribution in [0, 0.1) is 0 Å². The molecule has 8 heteroatoms. The minimum Gasteiger partial charge on any atom is -0.442 e. The van der Waals surface area contributed by atoms with Gasteiger partial charge >= 0.3 is 9.05 Å². The molecule has 0 rings (SSSR count). The summed E-state index contributed by atoms with van der Waals surface area (Å²) in [7, 11) is -4.27. The van der Waals surface area contributed by atoms with Crippen LogP contribution in [0.2, 0.25) is 0 Å². The van der Waals surface area contributed by atoms with Gasteiger partial charge in [0, 0.05) is 0 Å². The maximum absolute atomic E-state index is 7.60. The fourth-order valence-corrected chi connectivity index (χ4v) is 0. The van der Waals surface area contributed by atoms with Crippen LogP contribution in [0.3, 0.4) is 0 Å². The lowest BCUT2D eigenvalue weighted by molar-refractivity contribution is -0.209. The van der Waals surface area contributed by atoms with Gasteiger partial charge in [0.1, 0.15) is 10.5 Å². The van der Waals surface area contributed by atoms with Crippen LogP contribution in [0.5, 0.6) is 0 Å². The smallest absolute Gasteiger partial charge is 0.442 e. The zero-order chi connectivity index (χ0) is 7.21. The second kappa shape index (κ2) is 5.33. The summed E-state index contributed by atoms with van der Waals surface area (Å²) in [6, 6.07) is 0. The van der Waals surface area contributed by atoms with Crippen molar-refractivity contribution in [3.05, 3.63) is 0 Å². The van der Waals surface area contributed by atoms with Gasteiger partial charge in [0.05, 0.1) is 0 Å². The highest BCUT2D eigenvalue weighted by molar-refractivity contribution is 6.48. The van der Waals surface area contributed by atoms with Crippen molar-refractivity contribution < 1.29 is 29.0 Å². The molecule has 6 nitrogen and oxygen atoms in total. The molecule has 0 aliphatic rings. The van der Waals surface area contributed by atoms with E-state index in [1.807, 2.05) is 0 Å². The molecular formula is H8O6Si2. The maximum atomic E-state index is 7.60. The molecule has 8 heavy (non-hydrogen) atoms. The summed E-state index contributed by atoms with van der Waals surface area (Å²) in [6.07, 6.45) is 0. The summed E-state index contributed by atoms with van der Waals surface area (Å²) in [5.41, 5.74) is 0. The van der Waals surface area contributed by atoms with Crippen molar-refractivity contribution in [3.63, 3.8) is 0 Å². The van der Waals surface area contributed by atoms with E-state index >= 15 is 0 Å². The van der Waals surface area contributed by atoms with Crippen molar-refractivity contribution >= 4 is 19.5 Å². The normalized spacial score (nSPS) is 10.1. The molecular weight excluding hydrogens is 152 g/mol. The Kier molecular flexibility index (Phi) is 7.37. The van der Waals surface area contributed by atoms with E-state index in [1.54, 1.807) is 0 Å². The lowest BCUT2D eigenvalue weighted by Crippen LogP contribution is -2.37. The Morgan fingerprint density at radius 1 is 1.12 bits per heavy atom. The Morgan fingerprint density at radius 2 is 1.25 bits per heavy atom. The average molecular weight is 160 g/mol. The predicted octanol–water partition coefficient (Wildman–Crippen LogP) is -3.85. The zero-order valence-electron chi connectivity index (χ0n) is 4.14. The molecule has 0 aliphatic carbocycles. The molecule has 5 N–H and O–H groups in total. The van der Waals surface area contributed by atoms with Crippen LogP contribution in [-0.4, -0.2) is 44.0 Å². The van der Waals surface area contributed by atoms with Crippen molar-refractivity contribution in [1.29, 1.82) is 0 Å². The lowest BCUT2D eigenvalue weighted by Gasteiger charge is -1.98. The van der Waals surface area contributed by atoms with Crippen LogP contribution in [0.1, 0.15) is 0 Å². The van der Waals surface area contributed by atoms with E-state index in [4.69, 9.17) is 24.4 Å². The molecule has 0 atom stereocenters. The molecule has 0 unspecified atom stereocenters. The quantitative estimate of drug-likeness (QED) is 0.153. The van der Waals surface area contributed by atoms with Gasteiger partial charge in [-0.3, -0.25) is 5.26 Å². The highest BCUT2D eigenvalue weighted by Gasteiger charge is 2.30. The molecule has 0 aliphatic heterocycles. The second-order valence-electron chi connectivity index (χ2n) is 0.665. The third-order valence-corrected chi connectivity index (χ3v) is 0.367. The van der Waals surface area contributed by atoms with Crippen molar-refractivity contribution in [2.45, 2.75) is 0 Å². The van der Waals surface area contributed by atoms with Gasteiger partial charge in [0.25, 0.3) is 0 Å². The SMILES string of the molecule is OO[Si](O)(O)O.O[SiH3]. The average Bonchev–Trinajstić information content (AvgIpc) is 1.71. The van der Waals surface area contributed by atoms with Crippen LogP contribution in [0.15, 0.2) is 0 Å². The molecule has 0 heterocycles. The molecule has 52 valence electrons. The van der Waals surface area contributed by atoms with Gasteiger partial charge in [0.2, 0.25) is 0 Å². The summed E-state index contributed by atoms with van der Waals surface area (Å²) >= 11 is 0. The zero-order valence-corrected chi connectivity index (χ0v) is 7.14. The fourth-order valence-electron chi connectivity index (χ4n) is 0. The van der Waals surface area contributed by atoms with E-state index in [0.717, 1.165) is 0 Å². The topological polar surface area (TPSA) is 110 Å². The van der Waals surface area contributed by atoms with Crippen LogP contribution in [0.25, 0.3) is 0 Å². The number of rotatable bonds is 1. The minimum absolute atomic E-state index is 0.306. The summed E-state index contributed by atoms with van der Waals surface area (Å²) in [5.74, 6) is 0. The third-order valence-electron chi connectivity index (χ3n) is 0.122. The fraction of sp³-hybridized carbons (Fsp3) is 0. The molecule has 0 radical (unpaired) electrons. The summed E-state index contributed by atoms with van der Waals surface area (Å²) in [6.45, 7) is 0. The summed E-state index contributed by atoms with van der Waals surface area (Å²) < 4.78 is 2.74. The van der Waals surface area contributed by atoms with Crippen LogP contribution in [-0.2, 0) is 4.58 Å². The van der Waals surface area contributed by atoms with E-state index in [0.29, 0.717) is 10.5 Å². The van der Waals surface area contributed by atoms with Crippen LogP contribution >= 0.6 is 0 Å². The van der Waals surface area contributed by atoms with Crippen molar-refractivity contribution in [1.82, 2.24) is 0 Å². The Hall–Kier alpha value is 0.194. The Balaban J connectivity index is 0. The van der Waals surface area contributed by atoms with Gasteiger partial charge in [-0.1, -0.05) is 0 Å². The van der Waals surface area contributed by atoms with Gasteiger partial charge < -0.3 is 19.2 Å². The molecule has 0 saturated carbocycles. The predicted molar refractivity (Wildman–Crippen MR) is 28.3 cm³/mol. The number of hydrogen-bond acceptors (Lipinski definition) is 6. The molecule has 0 aromatic heterocycles. The highest BCUT2D eigenvalue weighted by atomic mass is 28.4. The van der Waals surface area contributed by atoms with Gasteiger partial charge in [-0.25, -0.2) is 0 Å². The van der Waals surface area contributed by atoms with E-state index in [-0.39, 0.29) is 0 Å². The lowest BCUT2D eigenvalue weighted by atomic mass is 14.9. The van der Waals surface area contributed by atoms with Crippen molar-refractivity contribution in [2.24, 2.45) is 0 Å². The van der Waals surface area contributed by atoms with E-state index in [9.17, 15) is 0 Å². The summed E-state index contributed by atoms with van der Waals surface area (Å²) in [4.78, 5) is 30.0. The van der Waals surface area contributed by atoms with Gasteiger partial charge in [0.15, 0.2) is 0 Å². The first kappa shape index (κ1) is 11.1. The highest BCUT2D eigenvalue weighted by Crippen LogP contribution is 1.79. The maximum Gasteiger partial charge on any atom is 0.699 e. The Bertz CT molecular complexity index is 36.3. The van der Waals surface area contributed by atoms with Crippen molar-refractivity contribution in [2.75, 3.05) is 0 Å². The van der Waals surface area contributed by atoms with E-state index < -0.39 is 9.05 Å². The van der Waals surface area contributed by atoms with E-state index in [1.165, 1.54) is 0 Å². The van der Waals surface area contributed by atoms with Gasteiger partial charge in [-0.15, -0.1) is 0 Å². The first-order valence-corrected chi connectivity index (χ1v) is 4.15. The first-order chi connectivity index (χ1) is 3.56. The third kappa shape index (κ3) is 16.4. The van der Waals surface area contributed by atoms with Crippen molar-refractivity contribution in [3.8, 4) is 0 Å². The molecule has 0 fully saturated rings. The minimum atomic E-state index is -4.58.